The van der Waals surface area contributed by atoms with Crippen LogP contribution < -0.4 is 4.74 Å². The predicted octanol–water partition coefficient (Wildman–Crippen LogP) is 3.37. The summed E-state index contributed by atoms with van der Waals surface area (Å²) in [7, 11) is -3.62. The Morgan fingerprint density at radius 3 is 2.46 bits per heavy atom. The zero-order valence-electron chi connectivity index (χ0n) is 14.8. The summed E-state index contributed by atoms with van der Waals surface area (Å²) in [4.78, 5) is 12.9. The molecule has 1 unspecified atom stereocenters. The summed E-state index contributed by atoms with van der Waals surface area (Å²) in [6.07, 6.45) is 1.39. The van der Waals surface area contributed by atoms with Crippen LogP contribution in [0.1, 0.15) is 30.1 Å². The summed E-state index contributed by atoms with van der Waals surface area (Å²) < 4.78 is 32.7. The number of nitrogens with zero attached hydrogens (tertiary/aromatic N) is 1. The fraction of sp³-hybridized carbons (Fsp3) is 0.350. The molecule has 0 bridgehead atoms. The highest BCUT2D eigenvalue weighted by atomic mass is 32.2. The van der Waals surface area contributed by atoms with Gasteiger partial charge in [0.15, 0.2) is 5.78 Å². The van der Waals surface area contributed by atoms with Gasteiger partial charge in [0.05, 0.1) is 11.5 Å². The Balaban J connectivity index is 1.76. The molecule has 1 saturated heterocycles. The van der Waals surface area contributed by atoms with Gasteiger partial charge in [0.25, 0.3) is 0 Å². The van der Waals surface area contributed by atoms with Crippen molar-refractivity contribution in [1.82, 2.24) is 4.31 Å². The van der Waals surface area contributed by atoms with E-state index < -0.39 is 10.0 Å². The van der Waals surface area contributed by atoms with Gasteiger partial charge in [-0.05, 0) is 44.0 Å². The van der Waals surface area contributed by atoms with Gasteiger partial charge >= 0.3 is 0 Å². The lowest BCUT2D eigenvalue weighted by Crippen LogP contribution is -2.42. The van der Waals surface area contributed by atoms with E-state index in [9.17, 15) is 13.2 Å². The number of carbonyl (C=O) groups excluding carboxylic acids is 1. The van der Waals surface area contributed by atoms with Crippen LogP contribution in [0.4, 0.5) is 0 Å². The van der Waals surface area contributed by atoms with Gasteiger partial charge in [0, 0.05) is 24.6 Å². The van der Waals surface area contributed by atoms with E-state index in [4.69, 9.17) is 4.74 Å². The SMILES string of the molecule is CCOc1ccc(S(=O)(=O)N2CCCC(C(=O)c3ccccc3)C2)cc1. The molecule has 26 heavy (non-hydrogen) atoms. The Kier molecular flexibility index (Phi) is 5.74. The Morgan fingerprint density at radius 2 is 1.81 bits per heavy atom. The number of piperidine rings is 1. The fourth-order valence-corrected chi connectivity index (χ4v) is 4.76. The highest BCUT2D eigenvalue weighted by molar-refractivity contribution is 7.89. The average Bonchev–Trinajstić information content (AvgIpc) is 2.69. The van der Waals surface area contributed by atoms with Crippen LogP contribution in [0.3, 0.4) is 0 Å². The third kappa shape index (κ3) is 3.97. The molecule has 5 nitrogen and oxygen atoms in total. The molecule has 2 aromatic rings. The lowest BCUT2D eigenvalue weighted by molar-refractivity contribution is 0.0872. The molecular formula is C20H23NO4S. The van der Waals surface area contributed by atoms with E-state index in [1.165, 1.54) is 4.31 Å². The van der Waals surface area contributed by atoms with Crippen molar-refractivity contribution in [2.45, 2.75) is 24.7 Å². The molecule has 0 saturated carbocycles. The Morgan fingerprint density at radius 1 is 1.12 bits per heavy atom. The fourth-order valence-electron chi connectivity index (χ4n) is 3.24. The molecule has 0 aromatic heterocycles. The zero-order chi connectivity index (χ0) is 18.6. The molecule has 1 atom stereocenters. The minimum Gasteiger partial charge on any atom is -0.494 e. The molecule has 0 radical (unpaired) electrons. The van der Waals surface area contributed by atoms with E-state index >= 15 is 0 Å². The van der Waals surface area contributed by atoms with Gasteiger partial charge in [-0.2, -0.15) is 4.31 Å². The van der Waals surface area contributed by atoms with Gasteiger partial charge in [-0.15, -0.1) is 0 Å². The Labute approximate surface area is 154 Å². The highest BCUT2D eigenvalue weighted by Gasteiger charge is 2.33. The van der Waals surface area contributed by atoms with Crippen molar-refractivity contribution in [1.29, 1.82) is 0 Å². The summed E-state index contributed by atoms with van der Waals surface area (Å²) in [5.41, 5.74) is 0.637. The molecule has 1 aliphatic heterocycles. The maximum atomic E-state index is 12.9. The molecule has 1 aliphatic rings. The van der Waals surface area contributed by atoms with E-state index in [1.54, 1.807) is 36.4 Å². The van der Waals surface area contributed by atoms with Crippen molar-refractivity contribution < 1.29 is 17.9 Å². The first-order valence-corrected chi connectivity index (χ1v) is 10.3. The Hall–Kier alpha value is -2.18. The number of carbonyl (C=O) groups is 1. The smallest absolute Gasteiger partial charge is 0.243 e. The third-order valence-corrected chi connectivity index (χ3v) is 6.47. The first-order chi connectivity index (χ1) is 12.5. The average molecular weight is 373 g/mol. The molecule has 0 spiro atoms. The van der Waals surface area contributed by atoms with Gasteiger partial charge in [-0.3, -0.25) is 4.79 Å². The van der Waals surface area contributed by atoms with Crippen LogP contribution >= 0.6 is 0 Å². The zero-order valence-corrected chi connectivity index (χ0v) is 15.6. The molecule has 2 aromatic carbocycles. The molecule has 1 fully saturated rings. The van der Waals surface area contributed by atoms with Crippen LogP contribution in [0.25, 0.3) is 0 Å². The normalized spacial score (nSPS) is 18.4. The van der Waals surface area contributed by atoms with Gasteiger partial charge in [-0.1, -0.05) is 30.3 Å². The summed E-state index contributed by atoms with van der Waals surface area (Å²) in [5.74, 6) is 0.350. The van der Waals surface area contributed by atoms with Gasteiger partial charge in [-0.25, -0.2) is 8.42 Å². The van der Waals surface area contributed by atoms with Gasteiger partial charge in [0.2, 0.25) is 10.0 Å². The van der Waals surface area contributed by atoms with E-state index in [0.29, 0.717) is 37.3 Å². The molecule has 6 heteroatoms. The quantitative estimate of drug-likeness (QED) is 0.728. The Bertz CT molecular complexity index is 847. The van der Waals surface area contributed by atoms with E-state index in [2.05, 4.69) is 0 Å². The molecule has 0 N–H and O–H groups in total. The maximum Gasteiger partial charge on any atom is 0.243 e. The van der Waals surface area contributed by atoms with Crippen molar-refractivity contribution in [2.24, 2.45) is 5.92 Å². The number of Topliss-reactive ketones (excluding diaryl/α,β-unsaturated/α-hetero) is 1. The van der Waals surface area contributed by atoms with Gasteiger partial charge < -0.3 is 4.74 Å². The predicted molar refractivity (Wildman–Crippen MR) is 99.9 cm³/mol. The molecular weight excluding hydrogens is 350 g/mol. The first kappa shape index (κ1) is 18.6. The molecule has 1 heterocycles. The summed E-state index contributed by atoms with van der Waals surface area (Å²) in [6.45, 7) is 3.07. The summed E-state index contributed by atoms with van der Waals surface area (Å²) >= 11 is 0. The summed E-state index contributed by atoms with van der Waals surface area (Å²) in [6, 6.07) is 15.5. The number of hydrogen-bond donors (Lipinski definition) is 0. The largest absolute Gasteiger partial charge is 0.494 e. The second kappa shape index (κ2) is 8.01. The number of sulfonamides is 1. The van der Waals surface area contributed by atoms with E-state index in [0.717, 1.165) is 0 Å². The number of ether oxygens (including phenoxy) is 1. The van der Waals surface area contributed by atoms with Crippen molar-refractivity contribution in [3.8, 4) is 5.75 Å². The van der Waals surface area contributed by atoms with E-state index in [-0.39, 0.29) is 23.1 Å². The second-order valence-corrected chi connectivity index (χ2v) is 8.27. The van der Waals surface area contributed by atoms with Crippen molar-refractivity contribution >= 4 is 15.8 Å². The van der Waals surface area contributed by atoms with Crippen molar-refractivity contribution in [3.05, 3.63) is 60.2 Å². The standard InChI is InChI=1S/C20H23NO4S/c1-2-25-18-10-12-19(13-11-18)26(23,24)21-14-6-9-17(15-21)20(22)16-7-4-3-5-8-16/h3-5,7-8,10-13,17H,2,6,9,14-15H2,1H3. The van der Waals surface area contributed by atoms with Crippen LogP contribution in [0, 0.1) is 5.92 Å². The van der Waals surface area contributed by atoms with Crippen LogP contribution in [0.2, 0.25) is 0 Å². The van der Waals surface area contributed by atoms with Crippen molar-refractivity contribution in [3.63, 3.8) is 0 Å². The van der Waals surface area contributed by atoms with Crippen LogP contribution in [0.15, 0.2) is 59.5 Å². The topological polar surface area (TPSA) is 63.7 Å². The second-order valence-electron chi connectivity index (χ2n) is 6.34. The number of ketones is 1. The van der Waals surface area contributed by atoms with Crippen LogP contribution in [-0.2, 0) is 10.0 Å². The number of hydrogen-bond acceptors (Lipinski definition) is 4. The number of rotatable bonds is 6. The van der Waals surface area contributed by atoms with Crippen LogP contribution in [0.5, 0.6) is 5.75 Å². The lowest BCUT2D eigenvalue weighted by atomic mass is 9.91. The monoisotopic (exact) mass is 373 g/mol. The van der Waals surface area contributed by atoms with Gasteiger partial charge in [0.1, 0.15) is 5.75 Å². The molecule has 138 valence electrons. The molecule has 3 rings (SSSR count). The van der Waals surface area contributed by atoms with Crippen LogP contribution in [-0.4, -0.2) is 38.2 Å². The molecule has 0 aliphatic carbocycles. The summed E-state index contributed by atoms with van der Waals surface area (Å²) in [5, 5.41) is 0. The minimum absolute atomic E-state index is 0.0113. The highest BCUT2D eigenvalue weighted by Crippen LogP contribution is 2.27. The molecule has 0 amide bonds. The van der Waals surface area contributed by atoms with Crippen molar-refractivity contribution in [2.75, 3.05) is 19.7 Å². The minimum atomic E-state index is -3.62. The first-order valence-electron chi connectivity index (χ1n) is 8.84. The number of benzene rings is 2. The maximum absolute atomic E-state index is 12.9. The third-order valence-electron chi connectivity index (χ3n) is 4.59. The lowest BCUT2D eigenvalue weighted by Gasteiger charge is -2.31. The van der Waals surface area contributed by atoms with E-state index in [1.807, 2.05) is 25.1 Å².